The highest BCUT2D eigenvalue weighted by Gasteiger charge is 2.30. The Bertz CT molecular complexity index is 1080. The van der Waals surface area contributed by atoms with Crippen molar-refractivity contribution < 1.29 is 21.6 Å². The molecule has 0 saturated carbocycles. The topological polar surface area (TPSA) is 88.6 Å². The fraction of sp³-hybridized carbons (Fsp3) is 0.235. The molecule has 6 nitrogen and oxygen atoms in total. The summed E-state index contributed by atoms with van der Waals surface area (Å²) in [6.07, 6.45) is 0. The number of rotatable bonds is 7. The van der Waals surface area contributed by atoms with Crippen molar-refractivity contribution in [2.75, 3.05) is 10.1 Å². The maximum atomic E-state index is 12.7. The van der Waals surface area contributed by atoms with Gasteiger partial charge in [-0.05, 0) is 59.3 Å². The van der Waals surface area contributed by atoms with Crippen LogP contribution in [0.2, 0.25) is 10.0 Å². The molecule has 0 heterocycles. The van der Waals surface area contributed by atoms with Crippen LogP contribution >= 0.6 is 39.1 Å². The number of ketones is 1. The van der Waals surface area contributed by atoms with Crippen LogP contribution in [-0.4, -0.2) is 33.7 Å². The van der Waals surface area contributed by atoms with Crippen molar-refractivity contribution in [3.63, 3.8) is 0 Å². The Balaban J connectivity index is 2.55. The molecule has 0 bridgehead atoms. The van der Waals surface area contributed by atoms with Gasteiger partial charge in [-0.3, -0.25) is 9.10 Å². The van der Waals surface area contributed by atoms with Crippen LogP contribution in [0, 0.1) is 0 Å². The van der Waals surface area contributed by atoms with E-state index in [0.29, 0.717) is 14.9 Å². The molecule has 0 aliphatic rings. The second kappa shape index (κ2) is 9.13. The minimum atomic E-state index is -3.70. The van der Waals surface area contributed by atoms with Crippen LogP contribution < -0.4 is 4.31 Å². The van der Waals surface area contributed by atoms with Crippen LogP contribution in [0.25, 0.3) is 0 Å². The van der Waals surface area contributed by atoms with Crippen LogP contribution in [0.15, 0.2) is 40.9 Å². The van der Waals surface area contributed by atoms with E-state index < -0.39 is 26.1 Å². The van der Waals surface area contributed by atoms with Gasteiger partial charge in [0.25, 0.3) is 0 Å². The first-order chi connectivity index (χ1) is 13.0. The maximum absolute atomic E-state index is 12.7. The largest absolute Gasteiger partial charge is 0.289 e. The number of sulfone groups is 1. The molecule has 0 aromatic heterocycles. The number of carbonyl (C=O) groups is 1. The summed E-state index contributed by atoms with van der Waals surface area (Å²) in [5.41, 5.74) is 0.521. The highest BCUT2D eigenvalue weighted by atomic mass is 79.9. The average Bonchev–Trinajstić information content (AvgIpc) is 2.64. The molecular weight excluding hydrogens is 513 g/mol. The van der Waals surface area contributed by atoms with Gasteiger partial charge in [0, 0.05) is 26.4 Å². The third-order valence-electron chi connectivity index (χ3n) is 4.08. The zero-order valence-electron chi connectivity index (χ0n) is 14.7. The summed E-state index contributed by atoms with van der Waals surface area (Å²) >= 11 is 15.3. The normalized spacial score (nSPS) is 12.8. The summed E-state index contributed by atoms with van der Waals surface area (Å²) in [4.78, 5) is 12.7. The van der Waals surface area contributed by atoms with Gasteiger partial charge in [0.15, 0.2) is 15.6 Å². The van der Waals surface area contributed by atoms with Crippen molar-refractivity contribution in [1.29, 1.82) is 0 Å². The molecule has 11 heteroatoms. The van der Waals surface area contributed by atoms with E-state index in [9.17, 15) is 21.6 Å². The standard InChI is InChI=1S/C17H16BrCl2NO5S2/c1-3-28(25,26)10(2)21(27(23)24)16-9-14(18)13(8-15(16)20)17(22)11-4-6-12(19)7-5-11/h4-10,27H,3H2,1-2H3. The van der Waals surface area contributed by atoms with E-state index >= 15 is 0 Å². The van der Waals surface area contributed by atoms with Crippen LogP contribution in [0.1, 0.15) is 29.8 Å². The average molecular weight is 529 g/mol. The summed E-state index contributed by atoms with van der Waals surface area (Å²) in [5.74, 6) is -0.593. The number of hydrogen-bond acceptors (Lipinski definition) is 5. The molecule has 1 atom stereocenters. The SMILES string of the molecule is CCS(=O)(=O)C(C)N(c1cc(Br)c(C(=O)c2ccc(Cl)cc2)cc1Cl)[SH](=O)=O. The summed E-state index contributed by atoms with van der Waals surface area (Å²) in [7, 11) is -7.01. The van der Waals surface area contributed by atoms with Gasteiger partial charge in [0.1, 0.15) is 5.37 Å². The molecule has 0 amide bonds. The number of nitrogens with zero attached hydrogens (tertiary/aromatic N) is 1. The number of halogens is 3. The molecule has 152 valence electrons. The number of hydrogen-bond donors (Lipinski definition) is 1. The Kier molecular flexibility index (Phi) is 7.55. The van der Waals surface area contributed by atoms with E-state index in [1.165, 1.54) is 26.0 Å². The van der Waals surface area contributed by atoms with Crippen molar-refractivity contribution >= 4 is 71.3 Å². The smallest absolute Gasteiger partial charge is 0.226 e. The number of thiol groups is 1. The Morgan fingerprint density at radius 3 is 2.25 bits per heavy atom. The predicted octanol–water partition coefficient (Wildman–Crippen LogP) is 4.10. The molecule has 28 heavy (non-hydrogen) atoms. The fourth-order valence-electron chi connectivity index (χ4n) is 2.45. The molecule has 0 aliphatic carbocycles. The monoisotopic (exact) mass is 527 g/mol. The van der Waals surface area contributed by atoms with Gasteiger partial charge in [-0.25, -0.2) is 16.8 Å². The highest BCUT2D eigenvalue weighted by Crippen LogP contribution is 2.35. The lowest BCUT2D eigenvalue weighted by molar-refractivity contribution is 0.103. The van der Waals surface area contributed by atoms with Crippen molar-refractivity contribution in [3.05, 3.63) is 62.0 Å². The molecule has 2 aromatic carbocycles. The van der Waals surface area contributed by atoms with Gasteiger partial charge in [-0.1, -0.05) is 30.1 Å². The molecule has 0 fully saturated rings. The Labute approximate surface area is 183 Å². The third kappa shape index (κ3) is 4.88. The van der Waals surface area contributed by atoms with E-state index in [2.05, 4.69) is 15.9 Å². The molecule has 2 rings (SSSR count). The Morgan fingerprint density at radius 2 is 1.75 bits per heavy atom. The maximum Gasteiger partial charge on any atom is 0.226 e. The first-order valence-corrected chi connectivity index (χ1v) is 12.3. The van der Waals surface area contributed by atoms with E-state index in [1.807, 2.05) is 0 Å². The molecule has 0 aliphatic heterocycles. The molecular formula is C17H16BrCl2NO5S2. The van der Waals surface area contributed by atoms with Crippen molar-refractivity contribution in [1.82, 2.24) is 0 Å². The van der Waals surface area contributed by atoms with E-state index in [0.717, 1.165) is 0 Å². The third-order valence-corrected chi connectivity index (χ3v) is 8.41. The Morgan fingerprint density at radius 1 is 1.18 bits per heavy atom. The second-order valence-corrected chi connectivity index (χ2v) is 10.9. The van der Waals surface area contributed by atoms with Gasteiger partial charge in [0.2, 0.25) is 10.9 Å². The second-order valence-electron chi connectivity index (χ2n) is 5.75. The molecule has 0 spiro atoms. The van der Waals surface area contributed by atoms with Crippen molar-refractivity contribution in [2.24, 2.45) is 0 Å². The molecule has 1 unspecified atom stereocenters. The zero-order chi connectivity index (χ0) is 21.2. The minimum Gasteiger partial charge on any atom is -0.289 e. The molecule has 0 N–H and O–H groups in total. The van der Waals surface area contributed by atoms with E-state index in [1.54, 1.807) is 24.3 Å². The molecule has 2 aromatic rings. The van der Waals surface area contributed by atoms with Crippen LogP contribution in [0.3, 0.4) is 0 Å². The Hall–Kier alpha value is -1.13. The minimum absolute atomic E-state index is 0.0400. The van der Waals surface area contributed by atoms with Gasteiger partial charge in [-0.15, -0.1) is 0 Å². The van der Waals surface area contributed by atoms with Crippen LogP contribution in [0.5, 0.6) is 0 Å². The summed E-state index contributed by atoms with van der Waals surface area (Å²) in [5, 5.41) is -0.941. The van der Waals surface area contributed by atoms with Gasteiger partial charge < -0.3 is 0 Å². The fourth-order valence-corrected chi connectivity index (χ4v) is 5.57. The lowest BCUT2D eigenvalue weighted by Gasteiger charge is -2.26. The number of anilines is 1. The first-order valence-electron chi connectivity index (χ1n) is 7.94. The lowest BCUT2D eigenvalue weighted by Crippen LogP contribution is -2.39. The van der Waals surface area contributed by atoms with Gasteiger partial charge >= 0.3 is 0 Å². The summed E-state index contributed by atoms with van der Waals surface area (Å²) in [6, 6.07) is 8.86. The van der Waals surface area contributed by atoms with Crippen LogP contribution in [0.4, 0.5) is 5.69 Å². The van der Waals surface area contributed by atoms with Crippen molar-refractivity contribution in [3.8, 4) is 0 Å². The quantitative estimate of drug-likeness (QED) is 0.431. The first kappa shape index (κ1) is 23.2. The van der Waals surface area contributed by atoms with Gasteiger partial charge in [0.05, 0.1) is 10.7 Å². The van der Waals surface area contributed by atoms with E-state index in [-0.39, 0.29) is 32.3 Å². The molecule has 0 radical (unpaired) electrons. The highest BCUT2D eigenvalue weighted by molar-refractivity contribution is 9.10. The van der Waals surface area contributed by atoms with Gasteiger partial charge in [-0.2, -0.15) is 0 Å². The summed E-state index contributed by atoms with van der Waals surface area (Å²) in [6.45, 7) is 2.69. The molecule has 0 saturated heterocycles. The number of benzene rings is 2. The predicted molar refractivity (Wildman–Crippen MR) is 116 cm³/mol. The lowest BCUT2D eigenvalue weighted by atomic mass is 10.0. The van der Waals surface area contributed by atoms with Crippen molar-refractivity contribution in [2.45, 2.75) is 19.2 Å². The number of carbonyl (C=O) groups excluding carboxylic acids is 1. The zero-order valence-corrected chi connectivity index (χ0v) is 19.5. The van der Waals surface area contributed by atoms with E-state index in [4.69, 9.17) is 23.2 Å². The summed E-state index contributed by atoms with van der Waals surface area (Å²) < 4.78 is 48.9. The van der Waals surface area contributed by atoms with Crippen LogP contribution in [-0.2, 0) is 20.7 Å².